The Labute approximate surface area is 112 Å². The van der Waals surface area contributed by atoms with Gasteiger partial charge in [-0.1, -0.05) is 31.9 Å². The smallest absolute Gasteiger partial charge is 0.103 e. The first-order valence-electron chi connectivity index (χ1n) is 7.43. The average molecular weight is 251 g/mol. The summed E-state index contributed by atoms with van der Waals surface area (Å²) in [6.45, 7) is 5.15. The minimum absolute atomic E-state index is 0.122. The summed E-state index contributed by atoms with van der Waals surface area (Å²) in [6, 6.07) is 0. The zero-order valence-electron chi connectivity index (χ0n) is 12.0. The second kappa shape index (κ2) is 9.29. The fourth-order valence-electron chi connectivity index (χ4n) is 2.38. The predicted molar refractivity (Wildman–Crippen MR) is 79.8 cm³/mol. The molecule has 1 aliphatic heterocycles. The minimum atomic E-state index is 0.122. The summed E-state index contributed by atoms with van der Waals surface area (Å²) in [5, 5.41) is 0. The van der Waals surface area contributed by atoms with E-state index in [0.717, 1.165) is 19.4 Å². The molecule has 0 saturated heterocycles. The summed E-state index contributed by atoms with van der Waals surface area (Å²) in [4.78, 5) is 6.77. The number of aliphatic imine (C=N–C) groups is 1. The number of allylic oxidation sites excluding steroid dienone is 2. The lowest BCUT2D eigenvalue weighted by atomic mass is 10.1. The summed E-state index contributed by atoms with van der Waals surface area (Å²) in [5.74, 6) is 0. The van der Waals surface area contributed by atoms with E-state index in [2.05, 4.69) is 29.0 Å². The van der Waals surface area contributed by atoms with E-state index < -0.39 is 0 Å². The van der Waals surface area contributed by atoms with E-state index in [1.54, 1.807) is 0 Å². The highest BCUT2D eigenvalue weighted by atomic mass is 15.3. The van der Waals surface area contributed by atoms with Crippen molar-refractivity contribution in [3.8, 4) is 0 Å². The average Bonchev–Trinajstić information content (AvgIpc) is 2.81. The van der Waals surface area contributed by atoms with Crippen LogP contribution < -0.4 is 5.73 Å². The molecule has 2 unspecified atom stereocenters. The predicted octanol–water partition coefficient (Wildman–Crippen LogP) is 3.31. The standard InChI is InChI=1S/C15H29N3/c1-3-4-5-6-7-8-9-10-11-15-17-12-13-18(15)14(2)16/h4-5,12,14-15H,3,6-11,13,16H2,1-2H3/b5-4+. The number of rotatable bonds is 9. The molecular weight excluding hydrogens is 222 g/mol. The molecule has 1 heterocycles. The van der Waals surface area contributed by atoms with Crippen LogP contribution in [0.2, 0.25) is 0 Å². The normalized spacial score (nSPS) is 22.1. The zero-order valence-corrected chi connectivity index (χ0v) is 12.0. The molecule has 0 amide bonds. The maximum atomic E-state index is 5.92. The SMILES string of the molecule is CC/C=C/CCCCCCC1N=CCN1C(C)N. The van der Waals surface area contributed by atoms with Crippen LogP contribution >= 0.6 is 0 Å². The number of unbranched alkanes of at least 4 members (excludes halogenated alkanes) is 4. The van der Waals surface area contributed by atoms with E-state index in [0.29, 0.717) is 6.17 Å². The van der Waals surface area contributed by atoms with Gasteiger partial charge in [-0.2, -0.15) is 0 Å². The quantitative estimate of drug-likeness (QED) is 0.504. The first kappa shape index (κ1) is 15.4. The Morgan fingerprint density at radius 2 is 2.11 bits per heavy atom. The van der Waals surface area contributed by atoms with Gasteiger partial charge in [0.15, 0.2) is 0 Å². The van der Waals surface area contributed by atoms with E-state index in [9.17, 15) is 0 Å². The summed E-state index contributed by atoms with van der Waals surface area (Å²) in [6.07, 6.45) is 15.8. The summed E-state index contributed by atoms with van der Waals surface area (Å²) < 4.78 is 0. The molecule has 0 spiro atoms. The van der Waals surface area contributed by atoms with Gasteiger partial charge in [-0.15, -0.1) is 0 Å². The van der Waals surface area contributed by atoms with Crippen LogP contribution in [0, 0.1) is 0 Å². The number of hydrogen-bond acceptors (Lipinski definition) is 3. The van der Waals surface area contributed by atoms with Gasteiger partial charge in [0.25, 0.3) is 0 Å². The summed E-state index contributed by atoms with van der Waals surface area (Å²) in [5.41, 5.74) is 5.92. The third-order valence-corrected chi connectivity index (χ3v) is 3.46. The summed E-state index contributed by atoms with van der Waals surface area (Å²) >= 11 is 0. The van der Waals surface area contributed by atoms with Crippen LogP contribution in [0.3, 0.4) is 0 Å². The third-order valence-electron chi connectivity index (χ3n) is 3.46. The molecule has 3 heteroatoms. The zero-order chi connectivity index (χ0) is 13.2. The molecule has 2 N–H and O–H groups in total. The van der Waals surface area contributed by atoms with Gasteiger partial charge in [-0.25, -0.2) is 0 Å². The molecule has 1 rings (SSSR count). The Hall–Kier alpha value is -0.670. The Morgan fingerprint density at radius 3 is 2.83 bits per heavy atom. The number of hydrogen-bond donors (Lipinski definition) is 1. The van der Waals surface area contributed by atoms with Crippen LogP contribution in [0.5, 0.6) is 0 Å². The second-order valence-corrected chi connectivity index (χ2v) is 5.12. The van der Waals surface area contributed by atoms with Crippen LogP contribution in [0.15, 0.2) is 17.1 Å². The van der Waals surface area contributed by atoms with Crippen LogP contribution in [0.25, 0.3) is 0 Å². The number of nitrogens with two attached hydrogens (primary N) is 1. The fourth-order valence-corrected chi connectivity index (χ4v) is 2.38. The van der Waals surface area contributed by atoms with E-state index in [-0.39, 0.29) is 6.17 Å². The monoisotopic (exact) mass is 251 g/mol. The molecule has 3 nitrogen and oxygen atoms in total. The van der Waals surface area contributed by atoms with Crippen molar-refractivity contribution in [3.05, 3.63) is 12.2 Å². The highest BCUT2D eigenvalue weighted by Crippen LogP contribution is 2.16. The van der Waals surface area contributed by atoms with Crippen molar-refractivity contribution in [2.75, 3.05) is 6.54 Å². The first-order valence-corrected chi connectivity index (χ1v) is 7.43. The molecule has 1 aliphatic rings. The summed E-state index contributed by atoms with van der Waals surface area (Å²) in [7, 11) is 0. The third kappa shape index (κ3) is 5.78. The molecule has 0 aliphatic carbocycles. The van der Waals surface area contributed by atoms with Crippen molar-refractivity contribution in [3.63, 3.8) is 0 Å². The molecule has 0 aromatic heterocycles. The van der Waals surface area contributed by atoms with E-state index in [1.165, 1.54) is 32.1 Å². The highest BCUT2D eigenvalue weighted by molar-refractivity contribution is 5.62. The van der Waals surface area contributed by atoms with Crippen LogP contribution in [0.4, 0.5) is 0 Å². The van der Waals surface area contributed by atoms with Gasteiger partial charge in [-0.05, 0) is 39.0 Å². The lowest BCUT2D eigenvalue weighted by Gasteiger charge is -2.26. The highest BCUT2D eigenvalue weighted by Gasteiger charge is 2.22. The van der Waals surface area contributed by atoms with E-state index in [1.807, 2.05) is 13.1 Å². The molecule has 0 aromatic rings. The molecule has 0 saturated carbocycles. The van der Waals surface area contributed by atoms with E-state index >= 15 is 0 Å². The lowest BCUT2D eigenvalue weighted by Crippen LogP contribution is -2.43. The van der Waals surface area contributed by atoms with Gasteiger partial charge in [-0.3, -0.25) is 9.89 Å². The molecular formula is C15H29N3. The maximum Gasteiger partial charge on any atom is 0.103 e. The van der Waals surface area contributed by atoms with Crippen molar-refractivity contribution >= 4 is 6.21 Å². The Kier molecular flexibility index (Phi) is 7.94. The van der Waals surface area contributed by atoms with Gasteiger partial charge in [0.05, 0.1) is 6.17 Å². The van der Waals surface area contributed by atoms with Crippen LogP contribution in [0.1, 0.15) is 58.8 Å². The molecule has 104 valence electrons. The van der Waals surface area contributed by atoms with Gasteiger partial charge in [0.2, 0.25) is 0 Å². The molecule has 0 aromatic carbocycles. The largest absolute Gasteiger partial charge is 0.316 e. The van der Waals surface area contributed by atoms with Gasteiger partial charge < -0.3 is 5.73 Å². The van der Waals surface area contributed by atoms with Crippen molar-refractivity contribution in [1.82, 2.24) is 4.90 Å². The van der Waals surface area contributed by atoms with Crippen LogP contribution in [-0.2, 0) is 0 Å². The van der Waals surface area contributed by atoms with Crippen LogP contribution in [-0.4, -0.2) is 30.0 Å². The molecule has 0 radical (unpaired) electrons. The molecule has 18 heavy (non-hydrogen) atoms. The van der Waals surface area contributed by atoms with Crippen molar-refractivity contribution in [2.45, 2.75) is 71.1 Å². The topological polar surface area (TPSA) is 41.6 Å². The Balaban J connectivity index is 2.00. The first-order chi connectivity index (χ1) is 8.75. The molecule has 0 bridgehead atoms. The van der Waals surface area contributed by atoms with E-state index in [4.69, 9.17) is 5.73 Å². The number of nitrogens with zero attached hydrogens (tertiary/aromatic N) is 2. The molecule has 0 fully saturated rings. The van der Waals surface area contributed by atoms with Gasteiger partial charge >= 0.3 is 0 Å². The van der Waals surface area contributed by atoms with Crippen molar-refractivity contribution < 1.29 is 0 Å². The maximum absolute atomic E-state index is 5.92. The lowest BCUT2D eigenvalue weighted by molar-refractivity contribution is 0.182. The van der Waals surface area contributed by atoms with Crippen molar-refractivity contribution in [1.29, 1.82) is 0 Å². The fraction of sp³-hybridized carbons (Fsp3) is 0.800. The minimum Gasteiger partial charge on any atom is -0.316 e. The second-order valence-electron chi connectivity index (χ2n) is 5.12. The van der Waals surface area contributed by atoms with Gasteiger partial charge in [0.1, 0.15) is 6.17 Å². The van der Waals surface area contributed by atoms with Gasteiger partial charge in [0, 0.05) is 12.8 Å². The molecule has 2 atom stereocenters. The Bertz CT molecular complexity index is 258. The van der Waals surface area contributed by atoms with Crippen molar-refractivity contribution in [2.24, 2.45) is 10.7 Å². The Morgan fingerprint density at radius 1 is 1.33 bits per heavy atom.